The van der Waals surface area contributed by atoms with E-state index in [9.17, 15) is 14.4 Å². The zero-order valence-electron chi connectivity index (χ0n) is 19.3. The lowest BCUT2D eigenvalue weighted by atomic mass is 10.1. The van der Waals surface area contributed by atoms with E-state index in [2.05, 4.69) is 21.2 Å². The molecule has 0 aliphatic carbocycles. The van der Waals surface area contributed by atoms with Crippen LogP contribution in [0.2, 0.25) is 0 Å². The third kappa shape index (κ3) is 4.28. The first-order valence-electron chi connectivity index (χ1n) is 10.7. The van der Waals surface area contributed by atoms with Crippen molar-refractivity contribution >= 4 is 39.9 Å². The number of imide groups is 1. The van der Waals surface area contributed by atoms with Gasteiger partial charge in [-0.05, 0) is 73.9 Å². The van der Waals surface area contributed by atoms with E-state index in [4.69, 9.17) is 4.74 Å². The van der Waals surface area contributed by atoms with E-state index in [-0.39, 0.29) is 18.1 Å². The topological polar surface area (TPSA) is 80.6 Å². The van der Waals surface area contributed by atoms with Crippen molar-refractivity contribution in [2.45, 2.75) is 27.3 Å². The molecule has 2 aromatic carbocycles. The molecule has 0 unspecified atom stereocenters. The van der Waals surface area contributed by atoms with Gasteiger partial charge in [0.2, 0.25) is 0 Å². The number of carbonyl (C=O) groups is 3. The molecule has 3 aromatic rings. The zero-order chi connectivity index (χ0) is 24.6. The number of esters is 1. The lowest BCUT2D eigenvalue weighted by Crippen LogP contribution is -2.30. The molecule has 0 bridgehead atoms. The number of rotatable bonds is 5. The zero-order valence-corrected chi connectivity index (χ0v) is 20.9. The average molecular weight is 522 g/mol. The Hall–Kier alpha value is -3.65. The third-order valence-corrected chi connectivity index (χ3v) is 6.47. The lowest BCUT2D eigenvalue weighted by molar-refractivity contribution is -0.123. The number of urea groups is 1. The molecular formula is C26H24BrN3O4. The largest absolute Gasteiger partial charge is 0.465 e. The van der Waals surface area contributed by atoms with E-state index in [1.54, 1.807) is 12.1 Å². The van der Waals surface area contributed by atoms with E-state index in [0.29, 0.717) is 5.56 Å². The first kappa shape index (κ1) is 23.5. The van der Waals surface area contributed by atoms with Gasteiger partial charge >= 0.3 is 12.0 Å². The van der Waals surface area contributed by atoms with E-state index < -0.39 is 12.0 Å². The molecule has 0 saturated carbocycles. The summed E-state index contributed by atoms with van der Waals surface area (Å²) >= 11 is 3.39. The first-order chi connectivity index (χ1) is 16.2. The van der Waals surface area contributed by atoms with Crippen LogP contribution in [0.25, 0.3) is 11.8 Å². The molecule has 1 N–H and O–H groups in total. The number of aryl methyl sites for hydroxylation is 1. The van der Waals surface area contributed by atoms with Crippen molar-refractivity contribution < 1.29 is 19.1 Å². The number of ether oxygens (including phenoxy) is 1. The Labute approximate surface area is 206 Å². The van der Waals surface area contributed by atoms with Gasteiger partial charge in [-0.2, -0.15) is 0 Å². The summed E-state index contributed by atoms with van der Waals surface area (Å²) in [5.74, 6) is -0.768. The molecule has 1 saturated heterocycles. The van der Waals surface area contributed by atoms with Gasteiger partial charge in [0, 0.05) is 21.5 Å². The minimum atomic E-state index is -0.449. The predicted octanol–water partition coefficient (Wildman–Crippen LogP) is 5.04. The first-order valence-corrected chi connectivity index (χ1v) is 11.5. The van der Waals surface area contributed by atoms with Crippen LogP contribution in [0.5, 0.6) is 0 Å². The fourth-order valence-corrected chi connectivity index (χ4v) is 4.41. The lowest BCUT2D eigenvalue weighted by Gasteiger charge is -2.15. The van der Waals surface area contributed by atoms with Crippen molar-refractivity contribution in [3.8, 4) is 5.69 Å². The molecule has 174 valence electrons. The summed E-state index contributed by atoms with van der Waals surface area (Å²) in [7, 11) is 1.36. The monoisotopic (exact) mass is 521 g/mol. The number of halogens is 1. The van der Waals surface area contributed by atoms with Gasteiger partial charge in [-0.15, -0.1) is 0 Å². The van der Waals surface area contributed by atoms with Crippen LogP contribution >= 0.6 is 15.9 Å². The number of methoxy groups -OCH3 is 1. The normalized spacial score (nSPS) is 14.6. The van der Waals surface area contributed by atoms with E-state index in [0.717, 1.165) is 38.2 Å². The van der Waals surface area contributed by atoms with Crippen LogP contribution in [-0.4, -0.2) is 34.5 Å². The van der Waals surface area contributed by atoms with Crippen molar-refractivity contribution in [3.05, 3.63) is 92.3 Å². The fraction of sp³-hybridized carbons (Fsp3) is 0.192. The summed E-state index contributed by atoms with van der Waals surface area (Å²) in [5, 5.41) is 2.69. The number of benzene rings is 2. The highest BCUT2D eigenvalue weighted by molar-refractivity contribution is 9.10. The molecule has 2 heterocycles. The molecule has 0 spiro atoms. The summed E-state index contributed by atoms with van der Waals surface area (Å²) in [6.45, 7) is 5.95. The SMILES string of the molecule is COC(=O)c1cccc(-n2c(C)cc(/C=C3/NC(=O)N(Cc4ccc(Br)cc4)C3=O)c2C)c1C. The van der Waals surface area contributed by atoms with Crippen LogP contribution in [0.3, 0.4) is 0 Å². The maximum Gasteiger partial charge on any atom is 0.338 e. The number of amides is 3. The Morgan fingerprint density at radius 3 is 2.47 bits per heavy atom. The number of aromatic nitrogens is 1. The van der Waals surface area contributed by atoms with Crippen molar-refractivity contribution in [1.29, 1.82) is 0 Å². The second-order valence-electron chi connectivity index (χ2n) is 8.11. The average Bonchev–Trinajstić information content (AvgIpc) is 3.24. The van der Waals surface area contributed by atoms with Crippen LogP contribution in [0.4, 0.5) is 4.79 Å². The Kier molecular flexibility index (Phi) is 6.43. The Morgan fingerprint density at radius 1 is 1.09 bits per heavy atom. The van der Waals surface area contributed by atoms with Crippen molar-refractivity contribution in [3.63, 3.8) is 0 Å². The highest BCUT2D eigenvalue weighted by Crippen LogP contribution is 2.27. The Balaban J connectivity index is 1.66. The van der Waals surface area contributed by atoms with Crippen LogP contribution in [0, 0.1) is 20.8 Å². The summed E-state index contributed by atoms with van der Waals surface area (Å²) in [6.07, 6.45) is 1.69. The number of carbonyl (C=O) groups excluding carboxylic acids is 3. The van der Waals surface area contributed by atoms with E-state index >= 15 is 0 Å². The van der Waals surface area contributed by atoms with Gasteiger partial charge in [0.1, 0.15) is 5.70 Å². The standard InChI is InChI=1S/C26H24BrN3O4/c1-15-12-19(17(3)30(15)23-7-5-6-21(16(23)2)25(32)34-4)13-22-24(31)29(26(33)28-22)14-18-8-10-20(27)11-9-18/h5-13H,14H2,1-4H3,(H,28,33)/b22-13+. The van der Waals surface area contributed by atoms with Gasteiger partial charge in [0.25, 0.3) is 5.91 Å². The molecule has 34 heavy (non-hydrogen) atoms. The van der Waals surface area contributed by atoms with Crippen LogP contribution in [0.15, 0.2) is 58.7 Å². The molecule has 1 aromatic heterocycles. The quantitative estimate of drug-likeness (QED) is 0.289. The molecule has 0 radical (unpaired) electrons. The number of hydrogen-bond donors (Lipinski definition) is 1. The molecule has 1 aliphatic heterocycles. The summed E-state index contributed by atoms with van der Waals surface area (Å²) in [6, 6.07) is 14.4. The molecule has 7 nitrogen and oxygen atoms in total. The summed E-state index contributed by atoms with van der Waals surface area (Å²) in [4.78, 5) is 38.8. The van der Waals surface area contributed by atoms with Gasteiger partial charge in [0.05, 0.1) is 19.2 Å². The highest BCUT2D eigenvalue weighted by Gasteiger charge is 2.33. The predicted molar refractivity (Wildman–Crippen MR) is 133 cm³/mol. The van der Waals surface area contributed by atoms with Gasteiger partial charge in [-0.3, -0.25) is 9.69 Å². The van der Waals surface area contributed by atoms with Crippen LogP contribution in [0.1, 0.15) is 38.4 Å². The van der Waals surface area contributed by atoms with Crippen LogP contribution < -0.4 is 5.32 Å². The number of nitrogens with zero attached hydrogens (tertiary/aromatic N) is 2. The van der Waals surface area contributed by atoms with Gasteiger partial charge in [-0.1, -0.05) is 34.1 Å². The highest BCUT2D eigenvalue weighted by atomic mass is 79.9. The van der Waals surface area contributed by atoms with Crippen molar-refractivity contribution in [2.75, 3.05) is 7.11 Å². The van der Waals surface area contributed by atoms with Gasteiger partial charge in [-0.25, -0.2) is 9.59 Å². The maximum atomic E-state index is 13.0. The minimum absolute atomic E-state index is 0.188. The smallest absolute Gasteiger partial charge is 0.338 e. The maximum absolute atomic E-state index is 13.0. The number of nitrogens with one attached hydrogen (secondary N) is 1. The van der Waals surface area contributed by atoms with Gasteiger partial charge in [0.15, 0.2) is 0 Å². The molecule has 0 atom stereocenters. The minimum Gasteiger partial charge on any atom is -0.465 e. The van der Waals surface area contributed by atoms with Crippen molar-refractivity contribution in [2.24, 2.45) is 0 Å². The Bertz CT molecular complexity index is 1340. The molecule has 3 amide bonds. The molecular weight excluding hydrogens is 498 g/mol. The van der Waals surface area contributed by atoms with Gasteiger partial charge < -0.3 is 14.6 Å². The summed E-state index contributed by atoms with van der Waals surface area (Å²) in [5.41, 5.74) is 5.82. The van der Waals surface area contributed by atoms with E-state index in [1.165, 1.54) is 12.0 Å². The van der Waals surface area contributed by atoms with E-state index in [1.807, 2.05) is 67.8 Å². The number of hydrogen-bond acceptors (Lipinski definition) is 4. The van der Waals surface area contributed by atoms with Crippen molar-refractivity contribution in [1.82, 2.24) is 14.8 Å². The fourth-order valence-electron chi connectivity index (χ4n) is 4.14. The summed E-state index contributed by atoms with van der Waals surface area (Å²) < 4.78 is 7.85. The molecule has 1 aliphatic rings. The van der Waals surface area contributed by atoms with Crippen LogP contribution in [-0.2, 0) is 16.1 Å². The second kappa shape index (κ2) is 9.30. The third-order valence-electron chi connectivity index (χ3n) is 5.94. The second-order valence-corrected chi connectivity index (χ2v) is 9.02. The molecule has 8 heteroatoms. The molecule has 4 rings (SSSR count). The molecule has 1 fully saturated rings. The Morgan fingerprint density at radius 2 is 1.79 bits per heavy atom.